The summed E-state index contributed by atoms with van der Waals surface area (Å²) in [6.07, 6.45) is 5.17. The van der Waals surface area contributed by atoms with E-state index in [2.05, 4.69) is 46.3 Å². The minimum atomic E-state index is 0.488. The quantitative estimate of drug-likeness (QED) is 0.871. The van der Waals surface area contributed by atoms with E-state index in [1.807, 2.05) is 0 Å². The van der Waals surface area contributed by atoms with E-state index in [1.165, 1.54) is 25.7 Å². The summed E-state index contributed by atoms with van der Waals surface area (Å²) < 4.78 is 2.08. The molecular weight excluding hydrogens is 226 g/mol. The average Bonchev–Trinajstić information content (AvgIpc) is 2.84. The largest absolute Gasteiger partial charge is 0.310 e. The van der Waals surface area contributed by atoms with Crippen molar-refractivity contribution in [3.8, 4) is 0 Å². The summed E-state index contributed by atoms with van der Waals surface area (Å²) >= 11 is 0. The van der Waals surface area contributed by atoms with Crippen molar-refractivity contribution in [1.82, 2.24) is 25.5 Å². The van der Waals surface area contributed by atoms with Crippen molar-refractivity contribution in [3.63, 3.8) is 0 Å². The molecule has 5 nitrogen and oxygen atoms in total. The smallest absolute Gasteiger partial charge is 0.165 e. The molecule has 0 bridgehead atoms. The summed E-state index contributed by atoms with van der Waals surface area (Å²) in [5, 5.41) is 15.6. The second-order valence-corrected chi connectivity index (χ2v) is 5.58. The van der Waals surface area contributed by atoms with Gasteiger partial charge < -0.3 is 5.32 Å². The Kier molecular flexibility index (Phi) is 4.69. The molecule has 2 unspecified atom stereocenters. The predicted octanol–water partition coefficient (Wildman–Crippen LogP) is 2.17. The fraction of sp³-hybridized carbons (Fsp3) is 0.923. The highest BCUT2D eigenvalue weighted by Gasteiger charge is 2.31. The second-order valence-electron chi connectivity index (χ2n) is 5.58. The molecule has 1 aliphatic rings. The van der Waals surface area contributed by atoms with Crippen LogP contribution in [0.25, 0.3) is 0 Å². The molecule has 18 heavy (non-hydrogen) atoms. The van der Waals surface area contributed by atoms with Gasteiger partial charge in [-0.2, -0.15) is 0 Å². The maximum atomic E-state index is 4.24. The molecule has 1 aromatic heterocycles. The topological polar surface area (TPSA) is 55.6 Å². The standard InChI is InChI=1S/C13H25N5/c1-4-14-9-13-15-16-17-18(13)12-8-6-5-7-11(12)10(2)3/h10-12,14H,4-9H2,1-3H3. The highest BCUT2D eigenvalue weighted by atomic mass is 15.6. The summed E-state index contributed by atoms with van der Waals surface area (Å²) in [4.78, 5) is 0. The first kappa shape index (κ1) is 13.5. The van der Waals surface area contributed by atoms with Crippen LogP contribution in [0, 0.1) is 11.8 Å². The Bertz CT molecular complexity index is 360. The normalized spacial score (nSPS) is 24.7. The lowest BCUT2D eigenvalue weighted by atomic mass is 9.78. The Morgan fingerprint density at radius 3 is 2.83 bits per heavy atom. The number of rotatable bonds is 5. The number of hydrogen-bond donors (Lipinski definition) is 1. The van der Waals surface area contributed by atoms with Crippen molar-refractivity contribution in [2.45, 2.75) is 59.0 Å². The lowest BCUT2D eigenvalue weighted by Crippen LogP contribution is -2.30. The molecule has 1 saturated carbocycles. The first-order valence-corrected chi connectivity index (χ1v) is 7.21. The van der Waals surface area contributed by atoms with E-state index in [-0.39, 0.29) is 0 Å². The van der Waals surface area contributed by atoms with E-state index in [9.17, 15) is 0 Å². The van der Waals surface area contributed by atoms with E-state index in [4.69, 9.17) is 0 Å². The molecule has 0 radical (unpaired) electrons. The minimum Gasteiger partial charge on any atom is -0.310 e. The first-order chi connectivity index (χ1) is 8.74. The third-order valence-electron chi connectivity index (χ3n) is 4.05. The van der Waals surface area contributed by atoms with Gasteiger partial charge in [-0.05, 0) is 41.6 Å². The second kappa shape index (κ2) is 6.27. The summed E-state index contributed by atoms with van der Waals surface area (Å²) in [6, 6.07) is 0.488. The van der Waals surface area contributed by atoms with Gasteiger partial charge in [0.25, 0.3) is 0 Å². The van der Waals surface area contributed by atoms with Gasteiger partial charge in [0.05, 0.1) is 12.6 Å². The zero-order valence-electron chi connectivity index (χ0n) is 11.8. The number of tetrazole rings is 1. The van der Waals surface area contributed by atoms with Crippen LogP contribution < -0.4 is 5.32 Å². The number of aromatic nitrogens is 4. The number of nitrogens with one attached hydrogen (secondary N) is 1. The molecule has 1 aromatic rings. The monoisotopic (exact) mass is 251 g/mol. The fourth-order valence-corrected chi connectivity index (χ4v) is 3.04. The molecule has 0 aliphatic heterocycles. The predicted molar refractivity (Wildman–Crippen MR) is 71.0 cm³/mol. The highest BCUT2D eigenvalue weighted by Crippen LogP contribution is 2.38. The molecule has 5 heteroatoms. The molecule has 1 N–H and O–H groups in total. The van der Waals surface area contributed by atoms with Crippen LogP contribution in [-0.2, 0) is 6.54 Å². The Morgan fingerprint density at radius 1 is 1.33 bits per heavy atom. The summed E-state index contributed by atoms with van der Waals surface area (Å²) in [5.41, 5.74) is 0. The minimum absolute atomic E-state index is 0.488. The van der Waals surface area contributed by atoms with Gasteiger partial charge in [0.15, 0.2) is 5.82 Å². The average molecular weight is 251 g/mol. The highest BCUT2D eigenvalue weighted by molar-refractivity contribution is 4.89. The van der Waals surface area contributed by atoms with Gasteiger partial charge >= 0.3 is 0 Å². The van der Waals surface area contributed by atoms with Crippen molar-refractivity contribution in [2.75, 3.05) is 6.54 Å². The lowest BCUT2D eigenvalue weighted by Gasteiger charge is -2.34. The molecule has 2 rings (SSSR count). The molecule has 2 atom stereocenters. The fourth-order valence-electron chi connectivity index (χ4n) is 3.04. The lowest BCUT2D eigenvalue weighted by molar-refractivity contribution is 0.166. The maximum absolute atomic E-state index is 4.24. The molecule has 0 saturated heterocycles. The van der Waals surface area contributed by atoms with Crippen molar-refractivity contribution < 1.29 is 0 Å². The van der Waals surface area contributed by atoms with Crippen LogP contribution in [0.4, 0.5) is 0 Å². The molecule has 0 amide bonds. The molecule has 0 aromatic carbocycles. The summed E-state index contributed by atoms with van der Waals surface area (Å²) in [5.74, 6) is 2.39. The van der Waals surface area contributed by atoms with E-state index in [0.29, 0.717) is 17.9 Å². The Labute approximate surface area is 109 Å². The Balaban J connectivity index is 2.15. The van der Waals surface area contributed by atoms with Crippen LogP contribution in [0.2, 0.25) is 0 Å². The van der Waals surface area contributed by atoms with Crippen LogP contribution in [0.5, 0.6) is 0 Å². The Hall–Kier alpha value is -0.970. The van der Waals surface area contributed by atoms with Crippen LogP contribution in [0.1, 0.15) is 58.3 Å². The third-order valence-corrected chi connectivity index (χ3v) is 4.05. The number of hydrogen-bond acceptors (Lipinski definition) is 4. The SMILES string of the molecule is CCNCc1nnnn1C1CCCCC1C(C)C. The van der Waals surface area contributed by atoms with Crippen LogP contribution in [0.15, 0.2) is 0 Å². The van der Waals surface area contributed by atoms with Gasteiger partial charge in [0.2, 0.25) is 0 Å². The number of nitrogens with zero attached hydrogens (tertiary/aromatic N) is 4. The van der Waals surface area contributed by atoms with Crippen molar-refractivity contribution in [1.29, 1.82) is 0 Å². The van der Waals surface area contributed by atoms with E-state index >= 15 is 0 Å². The van der Waals surface area contributed by atoms with Crippen LogP contribution in [-0.4, -0.2) is 26.8 Å². The zero-order valence-corrected chi connectivity index (χ0v) is 11.8. The van der Waals surface area contributed by atoms with Gasteiger partial charge in [-0.1, -0.05) is 33.6 Å². The van der Waals surface area contributed by atoms with Gasteiger partial charge in [0.1, 0.15) is 0 Å². The van der Waals surface area contributed by atoms with Crippen molar-refractivity contribution in [3.05, 3.63) is 5.82 Å². The third kappa shape index (κ3) is 2.88. The molecular formula is C13H25N5. The summed E-state index contributed by atoms with van der Waals surface area (Å²) in [6.45, 7) is 8.45. The van der Waals surface area contributed by atoms with Crippen molar-refractivity contribution in [2.24, 2.45) is 11.8 Å². The molecule has 1 heterocycles. The van der Waals surface area contributed by atoms with Crippen LogP contribution >= 0.6 is 0 Å². The van der Waals surface area contributed by atoms with E-state index in [1.54, 1.807) is 0 Å². The van der Waals surface area contributed by atoms with Gasteiger partial charge in [-0.15, -0.1) is 5.10 Å². The first-order valence-electron chi connectivity index (χ1n) is 7.21. The molecule has 0 spiro atoms. The maximum Gasteiger partial charge on any atom is 0.165 e. The molecule has 1 aliphatic carbocycles. The Morgan fingerprint density at radius 2 is 2.11 bits per heavy atom. The summed E-state index contributed by atoms with van der Waals surface area (Å²) in [7, 11) is 0. The zero-order chi connectivity index (χ0) is 13.0. The van der Waals surface area contributed by atoms with Gasteiger partial charge in [-0.3, -0.25) is 0 Å². The van der Waals surface area contributed by atoms with E-state index in [0.717, 1.165) is 18.9 Å². The van der Waals surface area contributed by atoms with Crippen molar-refractivity contribution >= 4 is 0 Å². The van der Waals surface area contributed by atoms with Gasteiger partial charge in [-0.25, -0.2) is 4.68 Å². The van der Waals surface area contributed by atoms with Gasteiger partial charge in [0, 0.05) is 0 Å². The molecule has 102 valence electrons. The van der Waals surface area contributed by atoms with E-state index < -0.39 is 0 Å². The van der Waals surface area contributed by atoms with Crippen LogP contribution in [0.3, 0.4) is 0 Å². The molecule has 1 fully saturated rings.